The number of aromatic nitrogens is 1. The molecule has 130 valence electrons. The number of hydrogen-bond donors (Lipinski definition) is 1. The smallest absolute Gasteiger partial charge is 0.271 e. The minimum absolute atomic E-state index is 0.00226. The number of halogens is 2. The highest BCUT2D eigenvalue weighted by molar-refractivity contribution is 6.36. The quantitative estimate of drug-likeness (QED) is 0.773. The predicted molar refractivity (Wildman–Crippen MR) is 100 cm³/mol. The molecule has 5 nitrogen and oxygen atoms in total. The third-order valence-electron chi connectivity index (χ3n) is 3.82. The largest absolute Gasteiger partial charge is 0.494 e. The Hall–Kier alpha value is -2.29. The maximum atomic E-state index is 12.4. The van der Waals surface area contributed by atoms with Gasteiger partial charge >= 0.3 is 0 Å². The van der Waals surface area contributed by atoms with E-state index in [0.717, 1.165) is 6.42 Å². The number of benzene rings is 1. The fraction of sp³-hybridized carbons (Fsp3) is 0.278. The zero-order chi connectivity index (χ0) is 18.6. The van der Waals surface area contributed by atoms with Gasteiger partial charge in [0.05, 0.1) is 16.3 Å². The van der Waals surface area contributed by atoms with Crippen LogP contribution in [-0.4, -0.2) is 15.9 Å². The number of aliphatic imine (C=N–C) groups is 1. The van der Waals surface area contributed by atoms with Crippen LogP contribution in [-0.2, 0) is 6.54 Å². The van der Waals surface area contributed by atoms with Gasteiger partial charge in [0, 0.05) is 17.8 Å². The molecule has 0 aliphatic heterocycles. The predicted octanol–water partition coefficient (Wildman–Crippen LogP) is 4.59. The van der Waals surface area contributed by atoms with E-state index < -0.39 is 5.56 Å². The van der Waals surface area contributed by atoms with Gasteiger partial charge in [-0.2, -0.15) is 5.26 Å². The molecule has 7 heteroatoms. The summed E-state index contributed by atoms with van der Waals surface area (Å²) in [5.74, 6) is -0.205. The lowest BCUT2D eigenvalue weighted by atomic mass is 10.1. The number of unbranched alkanes of at least 4 members (excludes halogenated alkanes) is 1. The molecule has 1 aromatic heterocycles. The van der Waals surface area contributed by atoms with E-state index >= 15 is 0 Å². The Labute approximate surface area is 155 Å². The summed E-state index contributed by atoms with van der Waals surface area (Å²) in [5.41, 5.74) is 0.671. The summed E-state index contributed by atoms with van der Waals surface area (Å²) in [4.78, 5) is 16.6. The molecule has 0 saturated carbocycles. The van der Waals surface area contributed by atoms with E-state index in [1.165, 1.54) is 10.8 Å². The third-order valence-corrected chi connectivity index (χ3v) is 4.36. The third kappa shape index (κ3) is 4.04. The van der Waals surface area contributed by atoms with Crippen LogP contribution in [0.1, 0.15) is 36.5 Å². The number of rotatable bonds is 5. The first kappa shape index (κ1) is 19.0. The van der Waals surface area contributed by atoms with Crippen LogP contribution in [0.15, 0.2) is 28.0 Å². The van der Waals surface area contributed by atoms with Gasteiger partial charge in [-0.05, 0) is 37.1 Å². The summed E-state index contributed by atoms with van der Waals surface area (Å²) in [6, 6.07) is 6.77. The van der Waals surface area contributed by atoms with Crippen molar-refractivity contribution in [2.24, 2.45) is 4.99 Å². The molecule has 1 aromatic carbocycles. The first-order valence-electron chi connectivity index (χ1n) is 7.76. The van der Waals surface area contributed by atoms with Crippen molar-refractivity contribution in [1.29, 1.82) is 5.26 Å². The van der Waals surface area contributed by atoms with Gasteiger partial charge in [-0.25, -0.2) is 0 Å². The van der Waals surface area contributed by atoms with Crippen LogP contribution < -0.4 is 5.56 Å². The number of pyridine rings is 1. The molecule has 2 aromatic rings. The molecular formula is C18H17Cl2N3O2. The normalized spacial score (nSPS) is 11.0. The lowest BCUT2D eigenvalue weighted by Gasteiger charge is -2.13. The van der Waals surface area contributed by atoms with Crippen LogP contribution in [0.3, 0.4) is 0 Å². The van der Waals surface area contributed by atoms with E-state index in [1.807, 2.05) is 13.0 Å². The van der Waals surface area contributed by atoms with Crippen molar-refractivity contribution in [3.8, 4) is 11.9 Å². The molecule has 0 spiro atoms. The van der Waals surface area contributed by atoms with E-state index in [1.54, 1.807) is 25.1 Å². The van der Waals surface area contributed by atoms with Gasteiger partial charge < -0.3 is 5.11 Å². The molecule has 1 heterocycles. The Morgan fingerprint density at radius 3 is 2.72 bits per heavy atom. The molecule has 1 N–H and O–H groups in total. The van der Waals surface area contributed by atoms with Crippen molar-refractivity contribution in [2.75, 3.05) is 0 Å². The zero-order valence-electron chi connectivity index (χ0n) is 13.9. The van der Waals surface area contributed by atoms with Crippen LogP contribution in [0.25, 0.3) is 0 Å². The van der Waals surface area contributed by atoms with E-state index in [9.17, 15) is 15.2 Å². The van der Waals surface area contributed by atoms with Crippen LogP contribution in [0.2, 0.25) is 10.0 Å². The zero-order valence-corrected chi connectivity index (χ0v) is 15.4. The average Bonchev–Trinajstić information content (AvgIpc) is 2.56. The standard InChI is InChI=1S/C18H17Cl2N3O2/c1-3-4-7-23-17(24)13(9-21)11(2)14(18(23)25)10-22-16-6-5-12(19)8-15(16)20/h5-6,8,10,25H,3-4,7H2,1-2H3. The Morgan fingerprint density at radius 1 is 1.40 bits per heavy atom. The Balaban J connectivity index is 2.58. The number of hydrogen-bond acceptors (Lipinski definition) is 4. The fourth-order valence-corrected chi connectivity index (χ4v) is 2.83. The second-order valence-corrected chi connectivity index (χ2v) is 6.36. The number of aromatic hydroxyl groups is 1. The molecule has 0 aliphatic carbocycles. The van der Waals surface area contributed by atoms with E-state index in [2.05, 4.69) is 4.99 Å². The second-order valence-electron chi connectivity index (χ2n) is 5.51. The van der Waals surface area contributed by atoms with Crippen molar-refractivity contribution in [2.45, 2.75) is 33.2 Å². The van der Waals surface area contributed by atoms with E-state index in [0.29, 0.717) is 39.8 Å². The number of nitrogens with zero attached hydrogens (tertiary/aromatic N) is 3. The average molecular weight is 378 g/mol. The topological polar surface area (TPSA) is 78.4 Å². The fourth-order valence-electron chi connectivity index (χ4n) is 2.37. The van der Waals surface area contributed by atoms with Crippen molar-refractivity contribution in [3.63, 3.8) is 0 Å². The maximum absolute atomic E-state index is 12.4. The summed E-state index contributed by atoms with van der Waals surface area (Å²) < 4.78 is 1.21. The van der Waals surface area contributed by atoms with Gasteiger partial charge in [0.2, 0.25) is 5.88 Å². The SMILES string of the molecule is CCCCn1c(O)c(C=Nc2ccc(Cl)cc2Cl)c(C)c(C#N)c1=O. The van der Waals surface area contributed by atoms with E-state index in [-0.39, 0.29) is 11.4 Å². The van der Waals surface area contributed by atoms with Crippen molar-refractivity contribution in [3.05, 3.63) is 55.3 Å². The van der Waals surface area contributed by atoms with Crippen LogP contribution in [0.5, 0.6) is 5.88 Å². The lowest BCUT2D eigenvalue weighted by Crippen LogP contribution is -2.25. The summed E-state index contributed by atoms with van der Waals surface area (Å²) >= 11 is 12.0. The first-order valence-corrected chi connectivity index (χ1v) is 8.51. The minimum atomic E-state index is -0.493. The van der Waals surface area contributed by atoms with Crippen molar-refractivity contribution in [1.82, 2.24) is 4.57 Å². The maximum Gasteiger partial charge on any atom is 0.271 e. The molecule has 0 amide bonds. The summed E-state index contributed by atoms with van der Waals surface area (Å²) in [7, 11) is 0. The molecule has 0 aliphatic rings. The van der Waals surface area contributed by atoms with Gasteiger partial charge in [-0.1, -0.05) is 36.5 Å². The molecule has 0 unspecified atom stereocenters. The van der Waals surface area contributed by atoms with Gasteiger partial charge in [-0.3, -0.25) is 14.4 Å². The first-order chi connectivity index (χ1) is 11.9. The van der Waals surface area contributed by atoms with Crippen LogP contribution in [0.4, 0.5) is 5.69 Å². The highest BCUT2D eigenvalue weighted by Gasteiger charge is 2.17. The Bertz CT molecular complexity index is 927. The molecule has 2 rings (SSSR count). The van der Waals surface area contributed by atoms with Gasteiger partial charge in [0.15, 0.2) is 0 Å². The second kappa shape index (κ2) is 8.19. The summed E-state index contributed by atoms with van der Waals surface area (Å²) in [5, 5.41) is 20.6. The molecule has 0 bridgehead atoms. The van der Waals surface area contributed by atoms with Crippen molar-refractivity contribution < 1.29 is 5.11 Å². The van der Waals surface area contributed by atoms with Crippen LogP contribution in [0, 0.1) is 18.3 Å². The lowest BCUT2D eigenvalue weighted by molar-refractivity contribution is 0.400. The van der Waals surface area contributed by atoms with Gasteiger partial charge in [0.1, 0.15) is 11.6 Å². The number of nitriles is 1. The molecule has 25 heavy (non-hydrogen) atoms. The van der Waals surface area contributed by atoms with Gasteiger partial charge in [0.25, 0.3) is 5.56 Å². The highest BCUT2D eigenvalue weighted by Crippen LogP contribution is 2.28. The van der Waals surface area contributed by atoms with Crippen LogP contribution >= 0.6 is 23.2 Å². The van der Waals surface area contributed by atoms with Crippen molar-refractivity contribution >= 4 is 35.1 Å². The summed E-state index contributed by atoms with van der Waals surface area (Å²) in [6.07, 6.45) is 2.97. The van der Waals surface area contributed by atoms with Gasteiger partial charge in [-0.15, -0.1) is 0 Å². The minimum Gasteiger partial charge on any atom is -0.494 e. The molecule has 0 saturated heterocycles. The molecule has 0 fully saturated rings. The Kier molecular flexibility index (Phi) is 6.24. The Morgan fingerprint density at radius 2 is 2.12 bits per heavy atom. The van der Waals surface area contributed by atoms with E-state index in [4.69, 9.17) is 23.2 Å². The monoisotopic (exact) mass is 377 g/mol. The highest BCUT2D eigenvalue weighted by atomic mass is 35.5. The molecular weight excluding hydrogens is 361 g/mol. The molecule has 0 atom stereocenters. The summed E-state index contributed by atoms with van der Waals surface area (Å²) in [6.45, 7) is 3.92. The molecule has 0 radical (unpaired) electrons.